The number of phenolic OH excluding ortho intramolecular Hbond substituents is 1. The van der Waals surface area contributed by atoms with Gasteiger partial charge in [0.2, 0.25) is 0 Å². The van der Waals surface area contributed by atoms with Gasteiger partial charge in [-0.1, -0.05) is 41.9 Å². The number of carbonyl (C=O) groups is 1. The van der Waals surface area contributed by atoms with Crippen LogP contribution in [0, 0.1) is 6.92 Å². The zero-order chi connectivity index (χ0) is 32.5. The highest BCUT2D eigenvalue weighted by Crippen LogP contribution is 2.40. The second-order valence-corrected chi connectivity index (χ2v) is 13.0. The number of halogens is 1. The summed E-state index contributed by atoms with van der Waals surface area (Å²) >= 11 is 6.47. The number of hydrogen-bond donors (Lipinski definition) is 1. The molecule has 0 amide bonds. The standard InChI is InChI=1S/C35H41ClN4O5/c1-8-19-44-35(6)15-17-39(18-16-35)32-29(31(33(42)43-7)45-34(3,4)5)22(2)37-28-21-26(38-40(28)32)23-11-9-12-24(20-23)30-25(36)13-10-14-27(30)41/h8-14,20-21,31,41H,1,15-19H2,2-7H3. The predicted octanol–water partition coefficient (Wildman–Crippen LogP) is 7.32. The number of carbonyl (C=O) groups excluding carboxylic acids is 1. The molecule has 9 nitrogen and oxygen atoms in total. The van der Waals surface area contributed by atoms with Crippen LogP contribution in [0.25, 0.3) is 28.0 Å². The molecular weight excluding hydrogens is 592 g/mol. The summed E-state index contributed by atoms with van der Waals surface area (Å²) in [6.07, 6.45) is 2.28. The van der Waals surface area contributed by atoms with Crippen molar-refractivity contribution >= 4 is 29.0 Å². The number of hydrogen-bond acceptors (Lipinski definition) is 8. The number of piperidine rings is 1. The average molecular weight is 633 g/mol. The molecule has 1 fully saturated rings. The summed E-state index contributed by atoms with van der Waals surface area (Å²) in [5.74, 6) is 0.320. The Balaban J connectivity index is 1.67. The lowest BCUT2D eigenvalue weighted by atomic mass is 9.92. The first kappa shape index (κ1) is 32.5. The Morgan fingerprint density at radius 2 is 1.84 bits per heavy atom. The van der Waals surface area contributed by atoms with Crippen molar-refractivity contribution in [3.05, 3.63) is 77.5 Å². The third-order valence-electron chi connectivity index (χ3n) is 8.06. The molecule has 2 aromatic carbocycles. The number of benzene rings is 2. The van der Waals surface area contributed by atoms with Gasteiger partial charge in [-0.15, -0.1) is 6.58 Å². The van der Waals surface area contributed by atoms with E-state index in [-0.39, 0.29) is 11.4 Å². The quantitative estimate of drug-likeness (QED) is 0.151. The highest BCUT2D eigenvalue weighted by atomic mass is 35.5. The second kappa shape index (κ2) is 12.8. The first-order valence-electron chi connectivity index (χ1n) is 15.1. The van der Waals surface area contributed by atoms with Gasteiger partial charge in [0.1, 0.15) is 11.6 Å². The molecule has 45 heavy (non-hydrogen) atoms. The van der Waals surface area contributed by atoms with Gasteiger partial charge in [-0.25, -0.2) is 9.78 Å². The highest BCUT2D eigenvalue weighted by Gasteiger charge is 2.38. The van der Waals surface area contributed by atoms with E-state index < -0.39 is 17.7 Å². The Morgan fingerprint density at radius 3 is 2.49 bits per heavy atom. The topological polar surface area (TPSA) is 98.4 Å². The lowest BCUT2D eigenvalue weighted by molar-refractivity contribution is -0.164. The van der Waals surface area contributed by atoms with Crippen LogP contribution < -0.4 is 4.90 Å². The third kappa shape index (κ3) is 6.85. The number of aromatic hydroxyl groups is 1. The molecule has 2 aromatic heterocycles. The molecule has 1 saturated heterocycles. The smallest absolute Gasteiger partial charge is 0.339 e. The van der Waals surface area contributed by atoms with E-state index >= 15 is 0 Å². The summed E-state index contributed by atoms with van der Waals surface area (Å²) in [6.45, 7) is 15.3. The zero-order valence-corrected chi connectivity index (χ0v) is 27.5. The van der Waals surface area contributed by atoms with Gasteiger partial charge < -0.3 is 24.2 Å². The number of aromatic nitrogens is 3. The number of ether oxygens (including phenoxy) is 3. The maximum absolute atomic E-state index is 13.3. The Kier molecular flexibility index (Phi) is 9.26. The summed E-state index contributed by atoms with van der Waals surface area (Å²) in [5, 5.41) is 16.1. The summed E-state index contributed by atoms with van der Waals surface area (Å²) in [5.41, 5.74) is 3.76. The van der Waals surface area contributed by atoms with E-state index in [1.54, 1.807) is 28.8 Å². The molecule has 0 aliphatic carbocycles. The number of esters is 1. The Labute approximate surface area is 269 Å². The van der Waals surface area contributed by atoms with E-state index in [0.717, 1.165) is 29.8 Å². The van der Waals surface area contributed by atoms with Crippen LogP contribution in [0.4, 0.5) is 5.82 Å². The van der Waals surface area contributed by atoms with Crippen LogP contribution in [-0.2, 0) is 19.0 Å². The first-order valence-corrected chi connectivity index (χ1v) is 15.5. The van der Waals surface area contributed by atoms with E-state index in [1.165, 1.54) is 7.11 Å². The number of aryl methyl sites for hydroxylation is 1. The van der Waals surface area contributed by atoms with Crippen LogP contribution in [0.1, 0.15) is 57.9 Å². The van der Waals surface area contributed by atoms with E-state index in [4.69, 9.17) is 35.9 Å². The fourth-order valence-electron chi connectivity index (χ4n) is 5.78. The molecule has 3 heterocycles. The molecule has 10 heteroatoms. The summed E-state index contributed by atoms with van der Waals surface area (Å²) < 4.78 is 19.5. The van der Waals surface area contributed by atoms with Crippen LogP contribution in [0.3, 0.4) is 0 Å². The predicted molar refractivity (Wildman–Crippen MR) is 177 cm³/mol. The molecule has 1 unspecified atom stereocenters. The molecule has 238 valence electrons. The normalized spacial score (nSPS) is 15.7. The van der Waals surface area contributed by atoms with E-state index in [1.807, 2.05) is 58.0 Å². The molecular formula is C35H41ClN4O5. The minimum Gasteiger partial charge on any atom is -0.507 e. The molecule has 0 spiro atoms. The van der Waals surface area contributed by atoms with Crippen molar-refractivity contribution in [1.82, 2.24) is 14.6 Å². The largest absolute Gasteiger partial charge is 0.507 e. The van der Waals surface area contributed by atoms with Gasteiger partial charge in [0, 0.05) is 36.0 Å². The van der Waals surface area contributed by atoms with Crippen molar-refractivity contribution in [2.75, 3.05) is 31.7 Å². The minimum atomic E-state index is -1.02. The van der Waals surface area contributed by atoms with Gasteiger partial charge in [0.25, 0.3) is 0 Å². The number of methoxy groups -OCH3 is 1. The van der Waals surface area contributed by atoms with Crippen LogP contribution in [0.2, 0.25) is 5.02 Å². The van der Waals surface area contributed by atoms with Crippen LogP contribution >= 0.6 is 11.6 Å². The third-order valence-corrected chi connectivity index (χ3v) is 8.38. The number of fused-ring (bicyclic) bond motifs is 1. The number of phenols is 1. The van der Waals surface area contributed by atoms with Gasteiger partial charge in [0.05, 0.1) is 41.2 Å². The average Bonchev–Trinajstić information content (AvgIpc) is 3.42. The van der Waals surface area contributed by atoms with Gasteiger partial charge in [-0.3, -0.25) is 0 Å². The molecule has 0 saturated carbocycles. The second-order valence-electron chi connectivity index (χ2n) is 12.6. The fraction of sp³-hybridized carbons (Fsp3) is 0.400. The van der Waals surface area contributed by atoms with Crippen LogP contribution in [-0.4, -0.2) is 63.7 Å². The number of nitrogens with zero attached hydrogens (tertiary/aromatic N) is 4. The first-order chi connectivity index (χ1) is 21.3. The van der Waals surface area contributed by atoms with Gasteiger partial charge in [0.15, 0.2) is 11.8 Å². The number of anilines is 1. The number of rotatable bonds is 9. The van der Waals surface area contributed by atoms with Crippen molar-refractivity contribution in [3.8, 4) is 28.1 Å². The van der Waals surface area contributed by atoms with Crippen molar-refractivity contribution in [3.63, 3.8) is 0 Å². The Hall–Kier alpha value is -3.92. The SMILES string of the molecule is C=CCOC1(C)CCN(c2c(C(OC(C)(C)C)C(=O)OC)c(C)nc3cc(-c4cccc(-c5c(O)cccc5Cl)c4)nn23)CC1. The summed E-state index contributed by atoms with van der Waals surface area (Å²) in [4.78, 5) is 20.4. The minimum absolute atomic E-state index is 0.0979. The molecule has 0 bridgehead atoms. The lowest BCUT2D eigenvalue weighted by Crippen LogP contribution is -2.45. The molecule has 0 radical (unpaired) electrons. The van der Waals surface area contributed by atoms with Gasteiger partial charge >= 0.3 is 5.97 Å². The van der Waals surface area contributed by atoms with Crippen LogP contribution in [0.15, 0.2) is 61.2 Å². The maximum atomic E-state index is 13.3. The van der Waals surface area contributed by atoms with Crippen molar-refractivity contribution in [1.29, 1.82) is 0 Å². The monoisotopic (exact) mass is 632 g/mol. The van der Waals surface area contributed by atoms with Crippen molar-refractivity contribution in [2.45, 2.75) is 64.8 Å². The van der Waals surface area contributed by atoms with Crippen molar-refractivity contribution in [2.24, 2.45) is 0 Å². The van der Waals surface area contributed by atoms with E-state index in [2.05, 4.69) is 18.4 Å². The maximum Gasteiger partial charge on any atom is 0.339 e. The summed E-state index contributed by atoms with van der Waals surface area (Å²) in [7, 11) is 1.36. The van der Waals surface area contributed by atoms with Crippen molar-refractivity contribution < 1.29 is 24.1 Å². The molecule has 4 aromatic rings. The summed E-state index contributed by atoms with van der Waals surface area (Å²) in [6, 6.07) is 14.7. The van der Waals surface area contributed by atoms with E-state index in [9.17, 15) is 9.90 Å². The lowest BCUT2D eigenvalue weighted by Gasteiger charge is -2.41. The Morgan fingerprint density at radius 1 is 1.16 bits per heavy atom. The Bertz CT molecular complexity index is 1700. The highest BCUT2D eigenvalue weighted by molar-refractivity contribution is 6.33. The molecule has 1 atom stereocenters. The zero-order valence-electron chi connectivity index (χ0n) is 26.8. The molecule has 5 rings (SSSR count). The fourth-order valence-corrected chi connectivity index (χ4v) is 6.06. The van der Waals surface area contributed by atoms with Crippen LogP contribution in [0.5, 0.6) is 5.75 Å². The molecule has 1 N–H and O–H groups in total. The van der Waals surface area contributed by atoms with Gasteiger partial charge in [-0.2, -0.15) is 9.61 Å². The molecule has 1 aliphatic heterocycles. The van der Waals surface area contributed by atoms with E-state index in [0.29, 0.717) is 52.9 Å². The molecule has 1 aliphatic rings. The van der Waals surface area contributed by atoms with Gasteiger partial charge in [-0.05, 0) is 71.2 Å².